The first-order chi connectivity index (χ1) is 12.9. The number of benzene rings is 2. The topological polar surface area (TPSA) is 55.1 Å². The van der Waals surface area contributed by atoms with E-state index in [1.165, 1.54) is 12.3 Å². The molecule has 3 rings (SSSR count). The number of amides is 1. The fourth-order valence-corrected chi connectivity index (χ4v) is 3.05. The van der Waals surface area contributed by atoms with E-state index in [1.54, 1.807) is 18.2 Å². The van der Waals surface area contributed by atoms with E-state index in [2.05, 4.69) is 28.5 Å². The molecule has 0 bridgehead atoms. The Morgan fingerprint density at radius 3 is 2.78 bits per heavy atom. The van der Waals surface area contributed by atoms with E-state index in [9.17, 15) is 9.18 Å². The van der Waals surface area contributed by atoms with Gasteiger partial charge in [0.15, 0.2) is 11.7 Å². The predicted molar refractivity (Wildman–Crippen MR) is 103 cm³/mol. The molecule has 0 spiro atoms. The minimum atomic E-state index is -0.361. The van der Waals surface area contributed by atoms with Gasteiger partial charge < -0.3 is 9.73 Å². The van der Waals surface area contributed by atoms with Gasteiger partial charge in [-0.25, -0.2) is 9.37 Å². The van der Waals surface area contributed by atoms with Crippen LogP contribution < -0.4 is 5.32 Å². The van der Waals surface area contributed by atoms with Gasteiger partial charge in [-0.3, -0.25) is 4.79 Å². The Labute approximate surface area is 158 Å². The molecule has 0 fully saturated rings. The lowest BCUT2D eigenvalue weighted by Gasteiger charge is -2.17. The highest BCUT2D eigenvalue weighted by atomic mass is 19.1. The first-order valence-corrected chi connectivity index (χ1v) is 9.00. The van der Waals surface area contributed by atoms with Crippen molar-refractivity contribution in [1.82, 2.24) is 10.3 Å². The summed E-state index contributed by atoms with van der Waals surface area (Å²) in [4.78, 5) is 16.4. The van der Waals surface area contributed by atoms with Crippen molar-refractivity contribution in [1.29, 1.82) is 0 Å². The van der Waals surface area contributed by atoms with E-state index in [1.807, 2.05) is 20.8 Å². The largest absolute Gasteiger partial charge is 0.441 e. The van der Waals surface area contributed by atoms with Crippen molar-refractivity contribution in [2.75, 3.05) is 0 Å². The zero-order valence-electron chi connectivity index (χ0n) is 15.8. The van der Waals surface area contributed by atoms with E-state index in [0.29, 0.717) is 23.6 Å². The molecule has 1 heterocycles. The molecule has 0 saturated heterocycles. The Bertz CT molecular complexity index is 949. The van der Waals surface area contributed by atoms with Crippen LogP contribution in [-0.4, -0.2) is 10.9 Å². The standard InChI is InChI=1S/C22H23FN2O2/c1-14-8-9-15(2)18(12-14)16(3)25-21(26)10-11-22-24-13-20(27-22)17-6-4-5-7-19(17)23/h4-9,12-13,16H,10-11H2,1-3H3,(H,25,26)/t16-/m1/s1. The number of oxazole rings is 1. The van der Waals surface area contributed by atoms with Gasteiger partial charge in [-0.15, -0.1) is 0 Å². The van der Waals surface area contributed by atoms with Crippen molar-refractivity contribution < 1.29 is 13.6 Å². The highest BCUT2D eigenvalue weighted by molar-refractivity contribution is 5.76. The van der Waals surface area contributed by atoms with Crippen LogP contribution in [0.1, 0.15) is 42.0 Å². The molecule has 1 atom stereocenters. The minimum absolute atomic E-state index is 0.0732. The third-order valence-electron chi connectivity index (χ3n) is 4.54. The van der Waals surface area contributed by atoms with Crippen molar-refractivity contribution in [3.8, 4) is 11.3 Å². The maximum Gasteiger partial charge on any atom is 0.220 e. The Morgan fingerprint density at radius 1 is 1.22 bits per heavy atom. The minimum Gasteiger partial charge on any atom is -0.441 e. The smallest absolute Gasteiger partial charge is 0.220 e. The van der Waals surface area contributed by atoms with Crippen LogP contribution in [0.5, 0.6) is 0 Å². The number of aryl methyl sites for hydroxylation is 3. The number of hydrogen-bond donors (Lipinski definition) is 1. The number of aromatic nitrogens is 1. The summed E-state index contributed by atoms with van der Waals surface area (Å²) in [5.74, 6) is 0.351. The van der Waals surface area contributed by atoms with Gasteiger partial charge in [0, 0.05) is 12.8 Å². The molecule has 5 heteroatoms. The molecule has 0 saturated carbocycles. The zero-order valence-corrected chi connectivity index (χ0v) is 15.8. The monoisotopic (exact) mass is 366 g/mol. The number of hydrogen-bond acceptors (Lipinski definition) is 3. The third-order valence-corrected chi connectivity index (χ3v) is 4.54. The van der Waals surface area contributed by atoms with Crippen molar-refractivity contribution in [2.24, 2.45) is 0 Å². The van der Waals surface area contributed by atoms with Crippen molar-refractivity contribution >= 4 is 5.91 Å². The molecule has 1 aromatic heterocycles. The van der Waals surface area contributed by atoms with Crippen molar-refractivity contribution in [3.63, 3.8) is 0 Å². The van der Waals surface area contributed by atoms with E-state index in [-0.39, 0.29) is 24.2 Å². The van der Waals surface area contributed by atoms with Gasteiger partial charge in [0.05, 0.1) is 17.8 Å². The molecule has 1 amide bonds. The lowest BCUT2D eigenvalue weighted by molar-refractivity contribution is -0.121. The number of nitrogens with one attached hydrogen (secondary N) is 1. The Morgan fingerprint density at radius 2 is 2.00 bits per heavy atom. The van der Waals surface area contributed by atoms with Crippen LogP contribution in [0.15, 0.2) is 53.1 Å². The van der Waals surface area contributed by atoms with Crippen LogP contribution in [0, 0.1) is 19.7 Å². The van der Waals surface area contributed by atoms with Gasteiger partial charge in [0.25, 0.3) is 0 Å². The van der Waals surface area contributed by atoms with E-state index in [0.717, 1.165) is 16.7 Å². The van der Waals surface area contributed by atoms with Crippen LogP contribution >= 0.6 is 0 Å². The molecule has 3 aromatic rings. The third kappa shape index (κ3) is 4.61. The molecule has 0 unspecified atom stereocenters. The molecule has 4 nitrogen and oxygen atoms in total. The molecule has 0 aliphatic carbocycles. The van der Waals surface area contributed by atoms with Gasteiger partial charge in [-0.2, -0.15) is 0 Å². The fourth-order valence-electron chi connectivity index (χ4n) is 3.05. The zero-order chi connectivity index (χ0) is 19.4. The number of rotatable bonds is 6. The maximum absolute atomic E-state index is 13.8. The van der Waals surface area contributed by atoms with Crippen LogP contribution in [0.25, 0.3) is 11.3 Å². The van der Waals surface area contributed by atoms with Gasteiger partial charge in [-0.1, -0.05) is 35.9 Å². The average Bonchev–Trinajstić information content (AvgIpc) is 3.11. The normalized spacial score (nSPS) is 12.0. The summed E-state index contributed by atoms with van der Waals surface area (Å²) < 4.78 is 19.4. The molecule has 0 aliphatic heterocycles. The summed E-state index contributed by atoms with van der Waals surface area (Å²) in [6, 6.07) is 12.5. The molecular weight excluding hydrogens is 343 g/mol. The number of nitrogens with zero attached hydrogens (tertiary/aromatic N) is 1. The second-order valence-electron chi connectivity index (χ2n) is 6.75. The predicted octanol–water partition coefficient (Wildman–Crippen LogP) is 4.91. The summed E-state index contributed by atoms with van der Waals surface area (Å²) >= 11 is 0. The summed E-state index contributed by atoms with van der Waals surface area (Å²) in [5, 5.41) is 3.01. The Balaban J connectivity index is 1.58. The quantitative estimate of drug-likeness (QED) is 0.674. The molecule has 0 radical (unpaired) electrons. The van der Waals surface area contributed by atoms with Crippen molar-refractivity contribution in [2.45, 2.75) is 39.7 Å². The van der Waals surface area contributed by atoms with E-state index in [4.69, 9.17) is 4.42 Å². The molecular formula is C22H23FN2O2. The van der Waals surface area contributed by atoms with Crippen LogP contribution in [0.2, 0.25) is 0 Å². The lowest BCUT2D eigenvalue weighted by Crippen LogP contribution is -2.27. The Hall–Kier alpha value is -2.95. The van der Waals surface area contributed by atoms with E-state index >= 15 is 0 Å². The summed E-state index contributed by atoms with van der Waals surface area (Å²) in [5.41, 5.74) is 3.79. The van der Waals surface area contributed by atoms with Crippen LogP contribution in [0.4, 0.5) is 4.39 Å². The second-order valence-corrected chi connectivity index (χ2v) is 6.75. The molecule has 140 valence electrons. The van der Waals surface area contributed by atoms with Crippen LogP contribution in [-0.2, 0) is 11.2 Å². The molecule has 2 aromatic carbocycles. The summed E-state index contributed by atoms with van der Waals surface area (Å²) in [7, 11) is 0. The highest BCUT2D eigenvalue weighted by Crippen LogP contribution is 2.24. The number of carbonyl (C=O) groups excluding carboxylic acids is 1. The van der Waals surface area contributed by atoms with Gasteiger partial charge in [0.1, 0.15) is 5.82 Å². The molecule has 0 aliphatic rings. The molecule has 27 heavy (non-hydrogen) atoms. The highest BCUT2D eigenvalue weighted by Gasteiger charge is 2.14. The van der Waals surface area contributed by atoms with Crippen molar-refractivity contribution in [3.05, 3.63) is 77.1 Å². The van der Waals surface area contributed by atoms with Gasteiger partial charge in [-0.05, 0) is 44.0 Å². The number of carbonyl (C=O) groups is 1. The Kier molecular flexibility index (Phi) is 5.69. The van der Waals surface area contributed by atoms with Gasteiger partial charge in [0.2, 0.25) is 5.91 Å². The molecule has 1 N–H and O–H groups in total. The first kappa shape index (κ1) is 18.8. The SMILES string of the molecule is Cc1ccc(C)c([C@@H](C)NC(=O)CCc2ncc(-c3ccccc3F)o2)c1. The van der Waals surface area contributed by atoms with Crippen LogP contribution in [0.3, 0.4) is 0 Å². The first-order valence-electron chi connectivity index (χ1n) is 9.00. The average molecular weight is 366 g/mol. The maximum atomic E-state index is 13.8. The van der Waals surface area contributed by atoms with E-state index < -0.39 is 0 Å². The summed E-state index contributed by atoms with van der Waals surface area (Å²) in [6.45, 7) is 6.04. The second kappa shape index (κ2) is 8.16. The fraction of sp³-hybridized carbons (Fsp3) is 0.273. The number of halogens is 1. The summed E-state index contributed by atoms with van der Waals surface area (Å²) in [6.07, 6.45) is 2.11. The van der Waals surface area contributed by atoms with Gasteiger partial charge >= 0.3 is 0 Å². The lowest BCUT2D eigenvalue weighted by atomic mass is 10.00.